The number of anilines is 1. The van der Waals surface area contributed by atoms with Gasteiger partial charge in [0.05, 0.1) is 21.7 Å². The summed E-state index contributed by atoms with van der Waals surface area (Å²) in [5.74, 6) is -1.19. The second kappa shape index (κ2) is 3.33. The molecule has 0 aliphatic rings. The predicted octanol–water partition coefficient (Wildman–Crippen LogP) is 1.18. The van der Waals surface area contributed by atoms with Gasteiger partial charge in [0.2, 0.25) is 0 Å². The first-order valence-corrected chi connectivity index (χ1v) is 3.72. The van der Waals surface area contributed by atoms with Crippen molar-refractivity contribution in [3.63, 3.8) is 0 Å². The number of benzene rings is 1. The molecular formula is C8H8N2O4. The van der Waals surface area contributed by atoms with Crippen molar-refractivity contribution in [3.05, 3.63) is 33.4 Å². The van der Waals surface area contributed by atoms with E-state index in [-0.39, 0.29) is 22.5 Å². The van der Waals surface area contributed by atoms with E-state index in [0.29, 0.717) is 0 Å². The van der Waals surface area contributed by atoms with Crippen LogP contribution in [0, 0.1) is 17.0 Å². The topological polar surface area (TPSA) is 106 Å². The van der Waals surface area contributed by atoms with Crippen molar-refractivity contribution in [2.45, 2.75) is 6.92 Å². The third-order valence-electron chi connectivity index (χ3n) is 1.91. The van der Waals surface area contributed by atoms with Gasteiger partial charge in [-0.15, -0.1) is 0 Å². The van der Waals surface area contributed by atoms with Gasteiger partial charge in [0.15, 0.2) is 0 Å². The van der Waals surface area contributed by atoms with Crippen LogP contribution in [0.15, 0.2) is 12.1 Å². The molecule has 0 bridgehead atoms. The fraction of sp³-hybridized carbons (Fsp3) is 0.125. The Kier molecular flexibility index (Phi) is 2.37. The number of nitro groups is 1. The molecule has 0 amide bonds. The molecule has 0 radical (unpaired) electrons. The Hall–Kier alpha value is -2.11. The van der Waals surface area contributed by atoms with Crippen LogP contribution < -0.4 is 5.73 Å². The number of hydrogen-bond donors (Lipinski definition) is 2. The first kappa shape index (κ1) is 9.97. The van der Waals surface area contributed by atoms with Gasteiger partial charge in [-0.05, 0) is 13.0 Å². The molecule has 14 heavy (non-hydrogen) atoms. The minimum absolute atomic E-state index is 0.0632. The van der Waals surface area contributed by atoms with Gasteiger partial charge in [-0.2, -0.15) is 0 Å². The van der Waals surface area contributed by atoms with Gasteiger partial charge in [-0.3, -0.25) is 10.1 Å². The minimum Gasteiger partial charge on any atom is -0.478 e. The minimum atomic E-state index is -1.19. The molecule has 3 N–H and O–H groups in total. The van der Waals surface area contributed by atoms with Crippen LogP contribution in [-0.4, -0.2) is 16.0 Å². The maximum Gasteiger partial charge on any atom is 0.337 e. The number of nitrogen functional groups attached to an aromatic ring is 1. The van der Waals surface area contributed by atoms with Gasteiger partial charge in [0.25, 0.3) is 5.69 Å². The highest BCUT2D eigenvalue weighted by atomic mass is 16.6. The highest BCUT2D eigenvalue weighted by Crippen LogP contribution is 2.26. The van der Waals surface area contributed by atoms with Crippen LogP contribution >= 0.6 is 0 Å². The molecule has 1 rings (SSSR count). The fourth-order valence-electron chi connectivity index (χ4n) is 1.10. The van der Waals surface area contributed by atoms with E-state index >= 15 is 0 Å². The van der Waals surface area contributed by atoms with E-state index in [0.717, 1.165) is 12.1 Å². The summed E-state index contributed by atoms with van der Waals surface area (Å²) in [6.45, 7) is 1.42. The van der Waals surface area contributed by atoms with Crippen LogP contribution in [0.2, 0.25) is 0 Å². The van der Waals surface area contributed by atoms with Crippen molar-refractivity contribution in [1.82, 2.24) is 0 Å². The van der Waals surface area contributed by atoms with Crippen molar-refractivity contribution in [3.8, 4) is 0 Å². The van der Waals surface area contributed by atoms with Crippen molar-refractivity contribution >= 4 is 17.3 Å². The molecule has 0 aliphatic heterocycles. The van der Waals surface area contributed by atoms with E-state index in [4.69, 9.17) is 10.8 Å². The summed E-state index contributed by atoms with van der Waals surface area (Å²) in [5.41, 5.74) is 5.26. The molecule has 0 spiro atoms. The van der Waals surface area contributed by atoms with Crippen LogP contribution in [0.1, 0.15) is 15.9 Å². The Morgan fingerprint density at radius 1 is 1.57 bits per heavy atom. The van der Waals surface area contributed by atoms with Crippen molar-refractivity contribution in [2.24, 2.45) is 0 Å². The van der Waals surface area contributed by atoms with Crippen molar-refractivity contribution < 1.29 is 14.8 Å². The number of nitrogens with two attached hydrogens (primary N) is 1. The third kappa shape index (κ3) is 1.49. The summed E-state index contributed by atoms with van der Waals surface area (Å²) in [7, 11) is 0. The highest BCUT2D eigenvalue weighted by molar-refractivity contribution is 5.95. The van der Waals surface area contributed by atoms with Gasteiger partial charge in [-0.25, -0.2) is 4.79 Å². The zero-order valence-electron chi connectivity index (χ0n) is 7.35. The fourth-order valence-corrected chi connectivity index (χ4v) is 1.10. The number of hydrogen-bond acceptors (Lipinski definition) is 4. The van der Waals surface area contributed by atoms with Crippen LogP contribution in [-0.2, 0) is 0 Å². The first-order chi connectivity index (χ1) is 6.45. The van der Waals surface area contributed by atoms with Gasteiger partial charge in [0, 0.05) is 6.07 Å². The number of nitro benzene ring substituents is 1. The second-order valence-electron chi connectivity index (χ2n) is 2.73. The summed E-state index contributed by atoms with van der Waals surface area (Å²) < 4.78 is 0. The molecule has 6 heteroatoms. The molecular weight excluding hydrogens is 188 g/mol. The van der Waals surface area contributed by atoms with Crippen LogP contribution in [0.5, 0.6) is 0 Å². The molecule has 6 nitrogen and oxygen atoms in total. The summed E-state index contributed by atoms with van der Waals surface area (Å²) in [5, 5.41) is 19.1. The Bertz CT molecular complexity index is 375. The zero-order valence-corrected chi connectivity index (χ0v) is 7.35. The van der Waals surface area contributed by atoms with E-state index in [1.807, 2.05) is 0 Å². The van der Waals surface area contributed by atoms with Crippen LogP contribution in [0.25, 0.3) is 0 Å². The largest absolute Gasteiger partial charge is 0.478 e. The van der Waals surface area contributed by atoms with E-state index < -0.39 is 10.9 Å². The number of carboxylic acids is 1. The summed E-state index contributed by atoms with van der Waals surface area (Å²) in [6, 6.07) is 2.26. The molecule has 0 saturated heterocycles. The van der Waals surface area contributed by atoms with E-state index in [2.05, 4.69) is 0 Å². The van der Waals surface area contributed by atoms with E-state index in [9.17, 15) is 14.9 Å². The number of aromatic carboxylic acids is 1. The molecule has 1 aromatic rings. The Balaban J connectivity index is 3.41. The van der Waals surface area contributed by atoms with Crippen LogP contribution in [0.3, 0.4) is 0 Å². The summed E-state index contributed by atoms with van der Waals surface area (Å²) in [6.07, 6.45) is 0. The summed E-state index contributed by atoms with van der Waals surface area (Å²) >= 11 is 0. The lowest BCUT2D eigenvalue weighted by molar-refractivity contribution is -0.385. The predicted molar refractivity (Wildman–Crippen MR) is 49.2 cm³/mol. The van der Waals surface area contributed by atoms with E-state index in [1.54, 1.807) is 0 Å². The normalized spacial score (nSPS) is 9.79. The quantitative estimate of drug-likeness (QED) is 0.419. The Morgan fingerprint density at radius 2 is 2.14 bits per heavy atom. The second-order valence-corrected chi connectivity index (χ2v) is 2.73. The number of carboxylic acid groups (broad SMARTS) is 1. The van der Waals surface area contributed by atoms with Gasteiger partial charge < -0.3 is 10.8 Å². The summed E-state index contributed by atoms with van der Waals surface area (Å²) in [4.78, 5) is 20.5. The number of rotatable bonds is 2. The Labute approximate surface area is 79.1 Å². The monoisotopic (exact) mass is 196 g/mol. The average Bonchev–Trinajstić information content (AvgIpc) is 2.08. The molecule has 0 atom stereocenters. The molecule has 0 fully saturated rings. The lowest BCUT2D eigenvalue weighted by atomic mass is 10.1. The van der Waals surface area contributed by atoms with E-state index in [1.165, 1.54) is 6.92 Å². The molecule has 0 saturated carbocycles. The lowest BCUT2D eigenvalue weighted by Gasteiger charge is -2.04. The SMILES string of the molecule is Cc1c([N+](=O)[O-])ccc(C(=O)O)c1N. The van der Waals surface area contributed by atoms with Gasteiger partial charge in [0.1, 0.15) is 0 Å². The van der Waals surface area contributed by atoms with Gasteiger partial charge in [-0.1, -0.05) is 0 Å². The highest BCUT2D eigenvalue weighted by Gasteiger charge is 2.18. The first-order valence-electron chi connectivity index (χ1n) is 3.72. The average molecular weight is 196 g/mol. The number of nitrogens with zero attached hydrogens (tertiary/aromatic N) is 1. The van der Waals surface area contributed by atoms with Crippen molar-refractivity contribution in [1.29, 1.82) is 0 Å². The van der Waals surface area contributed by atoms with Crippen LogP contribution in [0.4, 0.5) is 11.4 Å². The van der Waals surface area contributed by atoms with Gasteiger partial charge >= 0.3 is 5.97 Å². The third-order valence-corrected chi connectivity index (χ3v) is 1.91. The maximum atomic E-state index is 10.6. The molecule has 74 valence electrons. The molecule has 0 aliphatic carbocycles. The molecule has 0 aromatic heterocycles. The number of carbonyl (C=O) groups is 1. The van der Waals surface area contributed by atoms with Crippen molar-refractivity contribution in [2.75, 3.05) is 5.73 Å². The standard InChI is InChI=1S/C8H8N2O4/c1-4-6(10(13)14)3-2-5(7(4)9)8(11)12/h2-3H,9H2,1H3,(H,11,12). The molecule has 0 heterocycles. The zero-order chi connectivity index (χ0) is 10.9. The maximum absolute atomic E-state index is 10.6. The molecule has 1 aromatic carbocycles. The molecule has 0 unspecified atom stereocenters. The smallest absolute Gasteiger partial charge is 0.337 e. The Morgan fingerprint density at radius 3 is 2.57 bits per heavy atom. The lowest BCUT2D eigenvalue weighted by Crippen LogP contribution is -2.05.